The summed E-state index contributed by atoms with van der Waals surface area (Å²) in [5.41, 5.74) is 21.9. The topological polar surface area (TPSA) is 69.4 Å². The molecule has 0 spiro atoms. The second kappa shape index (κ2) is 22.1. The Balaban J connectivity index is 1.37. The normalized spacial score (nSPS) is 13.3. The molecule has 0 unspecified atom stereocenters. The van der Waals surface area contributed by atoms with Gasteiger partial charge in [0.15, 0.2) is 23.3 Å². The number of nitrogens with zero attached hydrogens (tertiary/aromatic N) is 6. The summed E-state index contributed by atoms with van der Waals surface area (Å²) >= 11 is 0. The zero-order chi connectivity index (χ0) is 65.3. The van der Waals surface area contributed by atoms with E-state index in [0.717, 1.165) is 61.5 Å². The lowest BCUT2D eigenvalue weighted by Crippen LogP contribution is -2.17. The maximum absolute atomic E-state index is 5.77. The van der Waals surface area contributed by atoms with Gasteiger partial charge in [0.05, 0.1) is 28.1 Å². The fourth-order valence-corrected chi connectivity index (χ4v) is 11.7. The summed E-state index contributed by atoms with van der Waals surface area (Å²) in [6, 6.07) is 50.8. The SMILES string of the molecule is Cc1ccc2c(c1)c1cc(C)ccc1n2-c1ccc(-c2nc(-c3cc(C(C)(C)C)cc(C(C)(C)C)c3)cc(-c3cc(C(C)(C)C)cc(C(C)(C)C)c3)n2)cc1-c1nc(-c2cc(C(C)(C)C)cc(C(C)(C)C)c2)nc(-c2cc(C(C)(C)C)cc(C(C)(C)C)c2)n1. The Kier molecular flexibility index (Phi) is 16.0. The van der Waals surface area contributed by atoms with Crippen molar-refractivity contribution in [2.75, 3.05) is 0 Å². The third-order valence-electron chi connectivity index (χ3n) is 17.9. The largest absolute Gasteiger partial charge is 0.309 e. The quantitative estimate of drug-likeness (QED) is 0.159. The van der Waals surface area contributed by atoms with Gasteiger partial charge in [-0.2, -0.15) is 0 Å². The van der Waals surface area contributed by atoms with Crippen LogP contribution in [-0.4, -0.2) is 29.5 Å². The Morgan fingerprint density at radius 3 is 0.831 bits per heavy atom. The van der Waals surface area contributed by atoms with Crippen LogP contribution in [0.4, 0.5) is 0 Å². The summed E-state index contributed by atoms with van der Waals surface area (Å²) < 4.78 is 2.42. The molecule has 10 aromatic rings. The number of aryl methyl sites for hydroxylation is 2. The second-order valence-corrected chi connectivity index (χ2v) is 34.1. The van der Waals surface area contributed by atoms with Crippen molar-refractivity contribution in [2.45, 2.75) is 223 Å². The lowest BCUT2D eigenvalue weighted by molar-refractivity contribution is 0.568. The molecule has 3 heterocycles. The zero-order valence-electron chi connectivity index (χ0n) is 58.9. The van der Waals surface area contributed by atoms with Gasteiger partial charge in [-0.3, -0.25) is 0 Å². The molecule has 0 amide bonds. The van der Waals surface area contributed by atoms with Gasteiger partial charge in [0.25, 0.3) is 0 Å². The molecule has 0 aliphatic carbocycles. The van der Waals surface area contributed by atoms with Gasteiger partial charge < -0.3 is 4.57 Å². The molecule has 0 saturated carbocycles. The van der Waals surface area contributed by atoms with Crippen molar-refractivity contribution in [3.05, 3.63) is 189 Å². The molecular formula is C83H100N6. The molecule has 0 N–H and O–H groups in total. The van der Waals surface area contributed by atoms with Crippen molar-refractivity contribution in [1.82, 2.24) is 29.5 Å². The molecule has 0 saturated heterocycles. The minimum Gasteiger partial charge on any atom is -0.309 e. The van der Waals surface area contributed by atoms with E-state index in [1.54, 1.807) is 0 Å². The highest BCUT2D eigenvalue weighted by Gasteiger charge is 2.30. The van der Waals surface area contributed by atoms with Crippen molar-refractivity contribution in [2.24, 2.45) is 0 Å². The Morgan fingerprint density at radius 1 is 0.247 bits per heavy atom. The van der Waals surface area contributed by atoms with E-state index >= 15 is 0 Å². The van der Waals surface area contributed by atoms with E-state index in [2.05, 4.69) is 318 Å². The van der Waals surface area contributed by atoms with Crippen molar-refractivity contribution in [1.29, 1.82) is 0 Å². The van der Waals surface area contributed by atoms with Crippen LogP contribution in [0.1, 0.15) is 222 Å². The van der Waals surface area contributed by atoms with E-state index in [4.69, 9.17) is 24.9 Å². The summed E-state index contributed by atoms with van der Waals surface area (Å²) in [5.74, 6) is 2.41. The van der Waals surface area contributed by atoms with Crippen LogP contribution in [0.5, 0.6) is 0 Å². The van der Waals surface area contributed by atoms with Gasteiger partial charge in [0.2, 0.25) is 0 Å². The maximum atomic E-state index is 5.77. The standard InChI is InChI=1S/C83H100N6/c1-49-27-30-69-64(33-49)65-34-50(2)28-31-70(65)89(69)71-32-29-51(72-84-67(52-35-56(76(3,4)5)44-57(36-52)77(6,7)8)48-68(85-72)53-37-58(78(9,10)11)45-59(38-53)79(12,13)14)43-66(71)75-87-73(54-39-60(80(15,16)17)46-61(40-54)81(18,19)20)86-74(88-75)55-41-62(82(21,22)23)47-63(42-55)83(24,25)26/h27-48H,1-26H3. The van der Waals surface area contributed by atoms with E-state index < -0.39 is 0 Å². The molecule has 0 fully saturated rings. The molecule has 6 nitrogen and oxygen atoms in total. The Morgan fingerprint density at radius 2 is 0.528 bits per heavy atom. The summed E-state index contributed by atoms with van der Waals surface area (Å²) in [5, 5.41) is 2.39. The van der Waals surface area contributed by atoms with E-state index in [9.17, 15) is 0 Å². The lowest BCUT2D eigenvalue weighted by atomic mass is 9.79. The smallest absolute Gasteiger partial charge is 0.166 e. The van der Waals surface area contributed by atoms with Gasteiger partial charge in [-0.1, -0.05) is 214 Å². The van der Waals surface area contributed by atoms with E-state index in [-0.39, 0.29) is 43.3 Å². The van der Waals surface area contributed by atoms with Crippen LogP contribution in [0.25, 0.3) is 95.6 Å². The van der Waals surface area contributed by atoms with Gasteiger partial charge in [-0.05, 0) is 199 Å². The predicted octanol–water partition coefficient (Wildman–Crippen LogP) is 22.8. The highest BCUT2D eigenvalue weighted by atomic mass is 15.1. The van der Waals surface area contributed by atoms with Crippen LogP contribution >= 0.6 is 0 Å². The fraction of sp³-hybridized carbons (Fsp3) is 0.410. The monoisotopic (exact) mass is 1180 g/mol. The maximum Gasteiger partial charge on any atom is 0.166 e. The van der Waals surface area contributed by atoms with Crippen LogP contribution in [0.2, 0.25) is 0 Å². The van der Waals surface area contributed by atoms with Gasteiger partial charge >= 0.3 is 0 Å². The molecule has 6 heteroatoms. The fourth-order valence-electron chi connectivity index (χ4n) is 11.7. The highest BCUT2D eigenvalue weighted by molar-refractivity contribution is 6.10. The second-order valence-electron chi connectivity index (χ2n) is 34.1. The molecule has 0 aliphatic heterocycles. The third-order valence-corrected chi connectivity index (χ3v) is 17.9. The van der Waals surface area contributed by atoms with Crippen molar-refractivity contribution < 1.29 is 0 Å². The molecule has 3 aromatic heterocycles. The van der Waals surface area contributed by atoms with Gasteiger partial charge in [-0.25, -0.2) is 24.9 Å². The van der Waals surface area contributed by atoms with Crippen LogP contribution in [0, 0.1) is 13.8 Å². The van der Waals surface area contributed by atoms with E-state index in [0.29, 0.717) is 23.3 Å². The summed E-state index contributed by atoms with van der Waals surface area (Å²) in [6.07, 6.45) is 0. The number of hydrogen-bond acceptors (Lipinski definition) is 5. The molecule has 89 heavy (non-hydrogen) atoms. The van der Waals surface area contributed by atoms with E-state index in [1.807, 2.05) is 0 Å². The summed E-state index contributed by atoms with van der Waals surface area (Å²) in [6.45, 7) is 59.5. The predicted molar refractivity (Wildman–Crippen MR) is 381 cm³/mol. The van der Waals surface area contributed by atoms with Crippen molar-refractivity contribution in [3.8, 4) is 73.8 Å². The van der Waals surface area contributed by atoms with Crippen LogP contribution in [0.3, 0.4) is 0 Å². The van der Waals surface area contributed by atoms with Crippen LogP contribution in [0.15, 0.2) is 133 Å². The molecule has 7 aromatic carbocycles. The van der Waals surface area contributed by atoms with Gasteiger partial charge in [0.1, 0.15) is 0 Å². The van der Waals surface area contributed by atoms with Gasteiger partial charge in [0, 0.05) is 44.2 Å². The van der Waals surface area contributed by atoms with Crippen LogP contribution in [-0.2, 0) is 43.3 Å². The first-order valence-electron chi connectivity index (χ1n) is 32.4. The average Bonchev–Trinajstić information content (AvgIpc) is 1.84. The number of fused-ring (bicyclic) bond motifs is 3. The Bertz CT molecular complexity index is 4010. The Labute approximate surface area is 534 Å². The van der Waals surface area contributed by atoms with Gasteiger partial charge in [-0.15, -0.1) is 0 Å². The first-order valence-corrected chi connectivity index (χ1v) is 32.4. The van der Waals surface area contributed by atoms with Crippen molar-refractivity contribution in [3.63, 3.8) is 0 Å². The third kappa shape index (κ3) is 13.5. The zero-order valence-corrected chi connectivity index (χ0v) is 58.9. The molecule has 0 atom stereocenters. The minimum atomic E-state index is -0.149. The minimum absolute atomic E-state index is 0.112. The summed E-state index contributed by atoms with van der Waals surface area (Å²) in [4.78, 5) is 28.6. The van der Waals surface area contributed by atoms with Crippen LogP contribution < -0.4 is 0 Å². The highest BCUT2D eigenvalue weighted by Crippen LogP contribution is 2.44. The lowest BCUT2D eigenvalue weighted by Gasteiger charge is -2.27. The van der Waals surface area contributed by atoms with Crippen molar-refractivity contribution >= 4 is 21.8 Å². The molecular weight excluding hydrogens is 1080 g/mol. The molecule has 0 bridgehead atoms. The molecule has 0 aliphatic rings. The number of aromatic nitrogens is 6. The van der Waals surface area contributed by atoms with E-state index in [1.165, 1.54) is 66.4 Å². The average molecular weight is 1180 g/mol. The molecule has 462 valence electrons. The Hall–Kier alpha value is -7.57. The summed E-state index contributed by atoms with van der Waals surface area (Å²) in [7, 11) is 0. The number of benzene rings is 7. The number of hydrogen-bond donors (Lipinski definition) is 0. The number of rotatable bonds is 7. The first kappa shape index (κ1) is 64.4. The molecule has 10 rings (SSSR count). The molecule has 0 radical (unpaired) electrons. The first-order chi connectivity index (χ1) is 40.9.